The van der Waals surface area contributed by atoms with Gasteiger partial charge in [-0.05, 0) is 36.4 Å². The molecule has 2 N–H and O–H groups in total. The molecule has 2 rings (SSSR count). The number of amides is 1. The summed E-state index contributed by atoms with van der Waals surface area (Å²) in [7, 11) is -3.59. The van der Waals surface area contributed by atoms with Crippen LogP contribution < -0.4 is 10.0 Å². The number of nitrogens with zero attached hydrogens (tertiary/aromatic N) is 1. The van der Waals surface area contributed by atoms with Gasteiger partial charge in [0.15, 0.2) is 0 Å². The molecule has 0 saturated carbocycles. The molecule has 0 unspecified atom stereocenters. The largest absolute Gasteiger partial charge is 0.307 e. The zero-order valence-corrected chi connectivity index (χ0v) is 12.5. The number of benzene rings is 1. The normalized spacial score (nSPS) is 10.9. The molecule has 0 fully saturated rings. The Hall–Kier alpha value is -2.51. The molecule has 1 aromatic carbocycles. The summed E-state index contributed by atoms with van der Waals surface area (Å²) in [5.74, 6) is 0.0681. The lowest BCUT2D eigenvalue weighted by Crippen LogP contribution is -2.23. The molecule has 0 radical (unpaired) electrons. The van der Waals surface area contributed by atoms with Gasteiger partial charge in [0.05, 0.1) is 4.90 Å². The molecule has 1 aromatic heterocycles. The topological polar surface area (TPSA) is 88.2 Å². The molecule has 0 aliphatic rings. The number of hydrogen-bond donors (Lipinski definition) is 2. The molecule has 0 spiro atoms. The standard InChI is InChI=1S/C15H15N3O3S/c1-2-10-17-22(20,21)13-8-6-12(7-9-13)15(19)18-14-5-3-4-11-16-14/h2-9,11,17H,1,10H2,(H,16,18,19). The van der Waals surface area contributed by atoms with Crippen LogP contribution in [0.4, 0.5) is 5.82 Å². The molecule has 0 atom stereocenters. The number of sulfonamides is 1. The predicted octanol–water partition coefficient (Wildman–Crippen LogP) is 1.80. The monoisotopic (exact) mass is 317 g/mol. The van der Waals surface area contributed by atoms with Crippen molar-refractivity contribution in [1.82, 2.24) is 9.71 Å². The minimum absolute atomic E-state index is 0.0868. The van der Waals surface area contributed by atoms with Crippen LogP contribution in [0.15, 0.2) is 66.2 Å². The van der Waals surface area contributed by atoms with Crippen LogP contribution in [0.2, 0.25) is 0 Å². The van der Waals surface area contributed by atoms with E-state index in [9.17, 15) is 13.2 Å². The first-order chi connectivity index (χ1) is 10.5. The second-order valence-electron chi connectivity index (χ2n) is 4.33. The van der Waals surface area contributed by atoms with E-state index in [0.29, 0.717) is 11.4 Å². The van der Waals surface area contributed by atoms with E-state index in [-0.39, 0.29) is 17.3 Å². The zero-order chi connectivity index (χ0) is 16.0. The van der Waals surface area contributed by atoms with Gasteiger partial charge in [-0.3, -0.25) is 4.79 Å². The van der Waals surface area contributed by atoms with Gasteiger partial charge in [-0.1, -0.05) is 12.1 Å². The van der Waals surface area contributed by atoms with Crippen LogP contribution in [-0.2, 0) is 10.0 Å². The van der Waals surface area contributed by atoms with Crippen molar-refractivity contribution >= 4 is 21.7 Å². The first-order valence-corrected chi connectivity index (χ1v) is 7.94. The molecule has 2 aromatic rings. The summed E-state index contributed by atoms with van der Waals surface area (Å²) < 4.78 is 26.1. The maximum Gasteiger partial charge on any atom is 0.256 e. The quantitative estimate of drug-likeness (QED) is 0.795. The van der Waals surface area contributed by atoms with Gasteiger partial charge >= 0.3 is 0 Å². The fourth-order valence-corrected chi connectivity index (χ4v) is 2.66. The number of nitrogens with one attached hydrogen (secondary N) is 2. The van der Waals surface area contributed by atoms with Crippen LogP contribution in [0, 0.1) is 0 Å². The van der Waals surface area contributed by atoms with Gasteiger partial charge in [-0.25, -0.2) is 18.1 Å². The van der Waals surface area contributed by atoms with Gasteiger partial charge in [0, 0.05) is 18.3 Å². The van der Waals surface area contributed by atoms with E-state index in [1.165, 1.54) is 30.3 Å². The van der Waals surface area contributed by atoms with E-state index in [4.69, 9.17) is 0 Å². The lowest BCUT2D eigenvalue weighted by atomic mass is 10.2. The first kappa shape index (κ1) is 15.9. The molecule has 6 nitrogen and oxygen atoms in total. The van der Waals surface area contributed by atoms with Crippen LogP contribution in [0.5, 0.6) is 0 Å². The molecule has 7 heteroatoms. The predicted molar refractivity (Wildman–Crippen MR) is 84.0 cm³/mol. The van der Waals surface area contributed by atoms with Crippen molar-refractivity contribution < 1.29 is 13.2 Å². The number of pyridine rings is 1. The van der Waals surface area contributed by atoms with E-state index in [1.807, 2.05) is 0 Å². The molecule has 114 valence electrons. The molecule has 22 heavy (non-hydrogen) atoms. The number of aromatic nitrogens is 1. The van der Waals surface area contributed by atoms with Gasteiger partial charge in [-0.2, -0.15) is 0 Å². The third-order valence-corrected chi connectivity index (χ3v) is 4.19. The lowest BCUT2D eigenvalue weighted by Gasteiger charge is -2.07. The molecule has 1 amide bonds. The highest BCUT2D eigenvalue weighted by molar-refractivity contribution is 7.89. The Balaban J connectivity index is 2.11. The number of rotatable bonds is 6. The van der Waals surface area contributed by atoms with Crippen LogP contribution in [-0.4, -0.2) is 25.9 Å². The fourth-order valence-electron chi connectivity index (χ4n) is 1.66. The molecule has 0 bridgehead atoms. The minimum Gasteiger partial charge on any atom is -0.307 e. The van der Waals surface area contributed by atoms with E-state index < -0.39 is 10.0 Å². The van der Waals surface area contributed by atoms with Crippen molar-refractivity contribution in [3.05, 3.63) is 66.9 Å². The SMILES string of the molecule is C=CCNS(=O)(=O)c1ccc(C(=O)Nc2ccccn2)cc1. The maximum atomic E-state index is 12.0. The zero-order valence-electron chi connectivity index (χ0n) is 11.7. The molecular weight excluding hydrogens is 302 g/mol. The molecule has 0 saturated heterocycles. The molecule has 0 aliphatic heterocycles. The number of anilines is 1. The van der Waals surface area contributed by atoms with Crippen molar-refractivity contribution in [2.75, 3.05) is 11.9 Å². The van der Waals surface area contributed by atoms with Crippen molar-refractivity contribution in [2.45, 2.75) is 4.90 Å². The number of carbonyl (C=O) groups excluding carboxylic acids is 1. The Morgan fingerprint density at radius 1 is 1.18 bits per heavy atom. The average Bonchev–Trinajstić information content (AvgIpc) is 2.54. The highest BCUT2D eigenvalue weighted by Gasteiger charge is 2.14. The summed E-state index contributed by atoms with van der Waals surface area (Å²) in [5, 5.41) is 2.62. The Bertz CT molecular complexity index is 756. The van der Waals surface area contributed by atoms with Crippen molar-refractivity contribution in [3.8, 4) is 0 Å². The smallest absolute Gasteiger partial charge is 0.256 e. The van der Waals surface area contributed by atoms with Gasteiger partial charge in [0.25, 0.3) is 5.91 Å². The third-order valence-electron chi connectivity index (χ3n) is 2.75. The van der Waals surface area contributed by atoms with Crippen LogP contribution >= 0.6 is 0 Å². The second kappa shape index (κ2) is 6.97. The Morgan fingerprint density at radius 2 is 1.91 bits per heavy atom. The molecular formula is C15H15N3O3S. The summed E-state index contributed by atoms with van der Waals surface area (Å²) in [6.45, 7) is 3.59. The maximum absolute atomic E-state index is 12.0. The van der Waals surface area contributed by atoms with E-state index in [2.05, 4.69) is 21.6 Å². The van der Waals surface area contributed by atoms with E-state index in [0.717, 1.165) is 0 Å². The summed E-state index contributed by atoms with van der Waals surface area (Å²) >= 11 is 0. The van der Waals surface area contributed by atoms with Crippen molar-refractivity contribution in [2.24, 2.45) is 0 Å². The fraction of sp³-hybridized carbons (Fsp3) is 0.0667. The first-order valence-electron chi connectivity index (χ1n) is 6.46. The van der Waals surface area contributed by atoms with Crippen LogP contribution in [0.1, 0.15) is 10.4 Å². The van der Waals surface area contributed by atoms with E-state index in [1.54, 1.807) is 24.4 Å². The average molecular weight is 317 g/mol. The van der Waals surface area contributed by atoms with Gasteiger partial charge < -0.3 is 5.32 Å². The Kier molecular flexibility index (Phi) is 5.03. The second-order valence-corrected chi connectivity index (χ2v) is 6.10. The summed E-state index contributed by atoms with van der Waals surface area (Å²) in [4.78, 5) is 16.1. The molecule has 1 heterocycles. The van der Waals surface area contributed by atoms with Gasteiger partial charge in [0.2, 0.25) is 10.0 Å². The van der Waals surface area contributed by atoms with Gasteiger partial charge in [-0.15, -0.1) is 6.58 Å². The Labute approximate surface area is 129 Å². The summed E-state index contributed by atoms with van der Waals surface area (Å²) in [5.41, 5.74) is 0.341. The van der Waals surface area contributed by atoms with Crippen LogP contribution in [0.25, 0.3) is 0 Å². The highest BCUT2D eigenvalue weighted by Crippen LogP contribution is 2.12. The van der Waals surface area contributed by atoms with Crippen molar-refractivity contribution in [3.63, 3.8) is 0 Å². The van der Waals surface area contributed by atoms with Crippen LogP contribution in [0.3, 0.4) is 0 Å². The third kappa shape index (κ3) is 4.00. The Morgan fingerprint density at radius 3 is 2.50 bits per heavy atom. The number of carbonyl (C=O) groups is 1. The summed E-state index contributed by atoms with van der Waals surface area (Å²) in [6.07, 6.45) is 3.02. The lowest BCUT2D eigenvalue weighted by molar-refractivity contribution is 0.102. The van der Waals surface area contributed by atoms with Crippen molar-refractivity contribution in [1.29, 1.82) is 0 Å². The molecule has 0 aliphatic carbocycles. The number of hydrogen-bond acceptors (Lipinski definition) is 4. The minimum atomic E-state index is -3.59. The highest BCUT2D eigenvalue weighted by atomic mass is 32.2. The van der Waals surface area contributed by atoms with Gasteiger partial charge in [0.1, 0.15) is 5.82 Å². The van der Waals surface area contributed by atoms with E-state index >= 15 is 0 Å². The summed E-state index contributed by atoms with van der Waals surface area (Å²) in [6, 6.07) is 10.8.